The molecule has 180 valence electrons. The van der Waals surface area contributed by atoms with Crippen molar-refractivity contribution < 1.29 is 18.4 Å². The maximum Gasteiger partial charge on any atom is 0.323 e. The fraction of sp³-hybridized carbons (Fsp3) is 0.500. The van der Waals surface area contributed by atoms with Crippen LogP contribution in [0.4, 0.5) is 19.4 Å². The Morgan fingerprint density at radius 1 is 1.09 bits per heavy atom. The molecule has 3 rings (SSSR count). The molecule has 1 N–H and O–H groups in total. The van der Waals surface area contributed by atoms with E-state index in [2.05, 4.69) is 15.3 Å². The molecule has 0 saturated carbocycles. The number of benzene rings is 1. The van der Waals surface area contributed by atoms with Gasteiger partial charge in [-0.1, -0.05) is 28.2 Å². The number of carbonyl (C=O) groups excluding carboxylic acids is 2. The molecule has 1 aromatic heterocycles. The minimum atomic E-state index is -0.702. The van der Waals surface area contributed by atoms with Crippen LogP contribution in [-0.4, -0.2) is 57.9 Å². The van der Waals surface area contributed by atoms with E-state index in [-0.39, 0.29) is 42.2 Å². The number of aromatic nitrogens is 2. The summed E-state index contributed by atoms with van der Waals surface area (Å²) in [5.74, 6) is -1.02. The average Bonchev–Trinajstić information content (AvgIpc) is 2.72. The summed E-state index contributed by atoms with van der Waals surface area (Å²) >= 11 is 0. The summed E-state index contributed by atoms with van der Waals surface area (Å²) in [5.41, 5.74) is 0.504. The Balaban J connectivity index is 0.00000385. The number of amides is 3. The largest absolute Gasteiger partial charge is 0.343 e. The van der Waals surface area contributed by atoms with Gasteiger partial charge in [0.2, 0.25) is 5.91 Å². The Labute approximate surface area is 194 Å². The second-order valence-corrected chi connectivity index (χ2v) is 9.34. The predicted octanol–water partition coefficient (Wildman–Crippen LogP) is 4.95. The molecular weight excluding hydrogens is 428 g/mol. The summed E-state index contributed by atoms with van der Waals surface area (Å²) < 4.78 is 26.8. The second kappa shape index (κ2) is 10.7. The first kappa shape index (κ1) is 26.2. The molecule has 0 aliphatic carbocycles. The molecule has 0 atom stereocenters. The molecule has 1 fully saturated rings. The van der Waals surface area contributed by atoms with Crippen LogP contribution < -0.4 is 5.32 Å². The number of hydrogen-bond acceptors (Lipinski definition) is 4. The predicted molar refractivity (Wildman–Crippen MR) is 125 cm³/mol. The van der Waals surface area contributed by atoms with E-state index in [0.29, 0.717) is 38.0 Å². The van der Waals surface area contributed by atoms with E-state index in [1.165, 1.54) is 12.4 Å². The Bertz CT molecular complexity index is 948. The van der Waals surface area contributed by atoms with Crippen molar-refractivity contribution in [2.24, 2.45) is 5.41 Å². The molecule has 2 aromatic rings. The molecule has 0 spiro atoms. The summed E-state index contributed by atoms with van der Waals surface area (Å²) in [6.45, 7) is 7.37. The molecule has 9 heteroatoms. The zero-order valence-electron chi connectivity index (χ0n) is 18.9. The van der Waals surface area contributed by atoms with Crippen molar-refractivity contribution in [3.63, 3.8) is 0 Å². The third-order valence-corrected chi connectivity index (χ3v) is 5.41. The van der Waals surface area contributed by atoms with E-state index in [0.717, 1.165) is 18.2 Å². The monoisotopic (exact) mass is 461 g/mol. The smallest absolute Gasteiger partial charge is 0.323 e. The van der Waals surface area contributed by atoms with E-state index in [1.54, 1.807) is 11.9 Å². The maximum atomic E-state index is 13.4. The number of piperidine rings is 1. The van der Waals surface area contributed by atoms with E-state index in [9.17, 15) is 18.4 Å². The number of urea groups is 1. The number of anilines is 1. The quantitative estimate of drug-likeness (QED) is 0.699. The molecule has 2 heterocycles. The Morgan fingerprint density at radius 2 is 1.70 bits per heavy atom. The maximum absolute atomic E-state index is 13.4. The van der Waals surface area contributed by atoms with Crippen molar-refractivity contribution in [3.05, 3.63) is 42.2 Å². The molecule has 0 unspecified atom stereocenters. The molecule has 7 nitrogen and oxygen atoms in total. The molecule has 1 aliphatic heterocycles. The van der Waals surface area contributed by atoms with Gasteiger partial charge in [-0.15, -0.1) is 0 Å². The molecule has 33 heavy (non-hydrogen) atoms. The van der Waals surface area contributed by atoms with Gasteiger partial charge in [0.1, 0.15) is 11.6 Å². The lowest BCUT2D eigenvalue weighted by molar-refractivity contribution is -0.134. The lowest BCUT2D eigenvalue weighted by Crippen LogP contribution is -2.48. The number of carbonyl (C=O) groups is 2. The highest BCUT2D eigenvalue weighted by Crippen LogP contribution is 2.23. The van der Waals surface area contributed by atoms with Crippen molar-refractivity contribution in [2.45, 2.75) is 53.5 Å². The minimum Gasteiger partial charge on any atom is -0.343 e. The van der Waals surface area contributed by atoms with E-state index in [4.69, 9.17) is 0 Å². The number of hydrogen-bond donors (Lipinski definition) is 1. The number of rotatable bonds is 4. The fourth-order valence-corrected chi connectivity index (χ4v) is 3.67. The van der Waals surface area contributed by atoms with Crippen LogP contribution in [0.3, 0.4) is 0 Å². The van der Waals surface area contributed by atoms with Crippen LogP contribution in [0.5, 0.6) is 0 Å². The van der Waals surface area contributed by atoms with Gasteiger partial charge in [0.05, 0.1) is 18.1 Å². The Morgan fingerprint density at radius 3 is 2.21 bits per heavy atom. The van der Waals surface area contributed by atoms with Gasteiger partial charge in [-0.25, -0.2) is 18.6 Å². The summed E-state index contributed by atoms with van der Waals surface area (Å²) in [6, 6.07) is 2.79. The minimum absolute atomic E-state index is 0. The third kappa shape index (κ3) is 7.20. The first-order valence-corrected chi connectivity index (χ1v) is 10.6. The van der Waals surface area contributed by atoms with Crippen LogP contribution >= 0.6 is 0 Å². The van der Waals surface area contributed by atoms with Gasteiger partial charge < -0.3 is 9.80 Å². The van der Waals surface area contributed by atoms with Gasteiger partial charge in [0, 0.05) is 44.2 Å². The van der Waals surface area contributed by atoms with Gasteiger partial charge >= 0.3 is 6.03 Å². The first-order valence-electron chi connectivity index (χ1n) is 10.6. The molecule has 3 amide bonds. The molecule has 0 bridgehead atoms. The van der Waals surface area contributed by atoms with E-state index < -0.39 is 11.6 Å². The number of nitrogens with one attached hydrogen (secondary N) is 1. The fourth-order valence-electron chi connectivity index (χ4n) is 3.67. The first-order chi connectivity index (χ1) is 15.0. The topological polar surface area (TPSA) is 78.4 Å². The number of halogens is 2. The summed E-state index contributed by atoms with van der Waals surface area (Å²) in [4.78, 5) is 36.8. The zero-order valence-corrected chi connectivity index (χ0v) is 18.9. The van der Waals surface area contributed by atoms with Crippen molar-refractivity contribution in [3.8, 4) is 11.3 Å². The standard InChI is InChI=1S/C23H29F2N5O2.CH4/c1-23(2,3)12-21(31)30-7-5-18(6-8-30)29(4)22(32)28-20-14-26-19(13-27-20)15-9-16(24)11-17(25)10-15;/h9-11,13-14,18H,5-8,12H2,1-4H3,(H,27,28,32);1H4. The second-order valence-electron chi connectivity index (χ2n) is 9.34. The van der Waals surface area contributed by atoms with Gasteiger partial charge in [-0.05, 0) is 30.4 Å². The van der Waals surface area contributed by atoms with Gasteiger partial charge in [0.25, 0.3) is 0 Å². The van der Waals surface area contributed by atoms with Crippen LogP contribution in [0.15, 0.2) is 30.6 Å². The van der Waals surface area contributed by atoms with Gasteiger partial charge in [0.15, 0.2) is 5.82 Å². The van der Waals surface area contributed by atoms with Crippen LogP contribution in [0.2, 0.25) is 0 Å². The summed E-state index contributed by atoms with van der Waals surface area (Å²) in [5, 5.41) is 2.69. The van der Waals surface area contributed by atoms with E-state index >= 15 is 0 Å². The van der Waals surface area contributed by atoms with Crippen LogP contribution in [0, 0.1) is 17.0 Å². The molecular formula is C24H33F2N5O2. The van der Waals surface area contributed by atoms with Crippen molar-refractivity contribution >= 4 is 17.8 Å². The highest BCUT2D eigenvalue weighted by molar-refractivity contribution is 5.88. The lowest BCUT2D eigenvalue weighted by atomic mass is 9.91. The van der Waals surface area contributed by atoms with Crippen molar-refractivity contribution in [1.82, 2.24) is 19.8 Å². The summed E-state index contributed by atoms with van der Waals surface area (Å²) in [6.07, 6.45) is 4.61. The average molecular weight is 462 g/mol. The summed E-state index contributed by atoms with van der Waals surface area (Å²) in [7, 11) is 1.71. The van der Waals surface area contributed by atoms with Crippen molar-refractivity contribution in [1.29, 1.82) is 0 Å². The van der Waals surface area contributed by atoms with Crippen LogP contribution in [0.25, 0.3) is 11.3 Å². The third-order valence-electron chi connectivity index (χ3n) is 5.41. The number of nitrogens with zero attached hydrogens (tertiary/aromatic N) is 4. The Hall–Kier alpha value is -3.10. The lowest BCUT2D eigenvalue weighted by Gasteiger charge is -2.37. The van der Waals surface area contributed by atoms with Gasteiger partial charge in [-0.2, -0.15) is 0 Å². The van der Waals surface area contributed by atoms with Crippen molar-refractivity contribution in [2.75, 3.05) is 25.5 Å². The molecule has 1 aliphatic rings. The molecule has 0 radical (unpaired) electrons. The Kier molecular flexibility index (Phi) is 8.46. The van der Waals surface area contributed by atoms with Gasteiger partial charge in [-0.3, -0.25) is 15.1 Å². The highest BCUT2D eigenvalue weighted by atomic mass is 19.1. The highest BCUT2D eigenvalue weighted by Gasteiger charge is 2.29. The zero-order chi connectivity index (χ0) is 23.5. The number of likely N-dealkylation sites (tertiary alicyclic amines) is 1. The normalized spacial score (nSPS) is 14.4. The van der Waals surface area contributed by atoms with E-state index in [1.807, 2.05) is 25.7 Å². The SMILES string of the molecule is C.CN(C(=O)Nc1cnc(-c2cc(F)cc(F)c2)cn1)C1CCN(C(=O)CC(C)(C)C)CC1. The van der Waals surface area contributed by atoms with Crippen LogP contribution in [-0.2, 0) is 4.79 Å². The van der Waals surface area contributed by atoms with Crippen LogP contribution in [0.1, 0.15) is 47.5 Å². The molecule has 1 aromatic carbocycles. The molecule has 1 saturated heterocycles.